The van der Waals surface area contributed by atoms with Crippen molar-refractivity contribution in [3.63, 3.8) is 0 Å². The molecular formula is C19H19NOS. The van der Waals surface area contributed by atoms with Crippen molar-refractivity contribution in [3.05, 3.63) is 66.7 Å². The van der Waals surface area contributed by atoms with Gasteiger partial charge in [0.15, 0.2) is 0 Å². The first-order chi connectivity index (χ1) is 10.8. The van der Waals surface area contributed by atoms with Gasteiger partial charge in [0.1, 0.15) is 0 Å². The molecule has 0 unspecified atom stereocenters. The monoisotopic (exact) mass is 309 g/mol. The molecule has 0 aliphatic heterocycles. The van der Waals surface area contributed by atoms with Gasteiger partial charge < -0.3 is 5.32 Å². The maximum Gasteiger partial charge on any atom is 0.224 e. The summed E-state index contributed by atoms with van der Waals surface area (Å²) in [6.07, 6.45) is 7.08. The van der Waals surface area contributed by atoms with Gasteiger partial charge >= 0.3 is 0 Å². The van der Waals surface area contributed by atoms with Gasteiger partial charge in [-0.2, -0.15) is 0 Å². The molecule has 2 nitrogen and oxygen atoms in total. The van der Waals surface area contributed by atoms with Crippen molar-refractivity contribution in [2.75, 3.05) is 5.32 Å². The van der Waals surface area contributed by atoms with Crippen molar-refractivity contribution in [3.8, 4) is 0 Å². The fourth-order valence-corrected chi connectivity index (χ4v) is 3.50. The summed E-state index contributed by atoms with van der Waals surface area (Å²) in [5, 5.41) is 3.06. The molecule has 0 spiro atoms. The Balaban J connectivity index is 1.68. The quantitative estimate of drug-likeness (QED) is 0.775. The molecule has 1 aliphatic rings. The maximum absolute atomic E-state index is 12.2. The van der Waals surface area contributed by atoms with Crippen LogP contribution in [0, 0.1) is 5.92 Å². The fraction of sp³-hybridized carbons (Fsp3) is 0.211. The number of carbonyl (C=O) groups excluding carboxylic acids is 1. The van der Waals surface area contributed by atoms with Crippen molar-refractivity contribution < 1.29 is 4.79 Å². The van der Waals surface area contributed by atoms with Gasteiger partial charge in [0.05, 0.1) is 5.69 Å². The van der Waals surface area contributed by atoms with Crippen LogP contribution in [0.2, 0.25) is 0 Å². The van der Waals surface area contributed by atoms with E-state index in [-0.39, 0.29) is 5.91 Å². The average molecular weight is 309 g/mol. The van der Waals surface area contributed by atoms with Crippen molar-refractivity contribution in [1.82, 2.24) is 0 Å². The van der Waals surface area contributed by atoms with Gasteiger partial charge in [0, 0.05) is 16.2 Å². The number of para-hydroxylation sites is 1. The maximum atomic E-state index is 12.2. The van der Waals surface area contributed by atoms with Crippen LogP contribution in [0.1, 0.15) is 19.3 Å². The van der Waals surface area contributed by atoms with Crippen LogP contribution in [-0.4, -0.2) is 5.91 Å². The Kier molecular flexibility index (Phi) is 4.96. The van der Waals surface area contributed by atoms with Gasteiger partial charge in [-0.25, -0.2) is 0 Å². The van der Waals surface area contributed by atoms with E-state index >= 15 is 0 Å². The summed E-state index contributed by atoms with van der Waals surface area (Å²) in [6.45, 7) is 0. The summed E-state index contributed by atoms with van der Waals surface area (Å²) >= 11 is 1.67. The molecule has 0 fully saturated rings. The van der Waals surface area contributed by atoms with Gasteiger partial charge in [-0.1, -0.05) is 54.2 Å². The standard InChI is InChI=1S/C19H19NOS/c21-19(14-15-8-4-5-9-15)20-17-12-6-7-13-18(17)22-16-10-2-1-3-11-16/h1-4,6-8,10-13,15H,5,9,14H2,(H,20,21)/t15-/m1/s1. The van der Waals surface area contributed by atoms with Gasteiger partial charge in [-0.3, -0.25) is 4.79 Å². The molecule has 0 bridgehead atoms. The van der Waals surface area contributed by atoms with E-state index in [1.807, 2.05) is 42.5 Å². The minimum atomic E-state index is 0.0951. The molecule has 0 saturated heterocycles. The summed E-state index contributed by atoms with van der Waals surface area (Å²) in [5.41, 5.74) is 0.892. The molecule has 0 radical (unpaired) electrons. The smallest absolute Gasteiger partial charge is 0.224 e. The third kappa shape index (κ3) is 4.01. The van der Waals surface area contributed by atoms with E-state index in [0.717, 1.165) is 23.4 Å². The van der Waals surface area contributed by atoms with E-state index in [1.165, 1.54) is 4.90 Å². The van der Waals surface area contributed by atoms with Crippen LogP contribution < -0.4 is 5.32 Å². The average Bonchev–Trinajstić information content (AvgIpc) is 3.03. The Labute approximate surface area is 135 Å². The SMILES string of the molecule is O=C(C[C@@H]1C=CCC1)Nc1ccccc1Sc1ccccc1. The van der Waals surface area contributed by atoms with Crippen molar-refractivity contribution in [1.29, 1.82) is 0 Å². The second kappa shape index (κ2) is 7.32. The highest BCUT2D eigenvalue weighted by Crippen LogP contribution is 2.33. The molecule has 112 valence electrons. The van der Waals surface area contributed by atoms with Crippen LogP contribution >= 0.6 is 11.8 Å². The number of amides is 1. The topological polar surface area (TPSA) is 29.1 Å². The van der Waals surface area contributed by atoms with Crippen molar-refractivity contribution in [2.45, 2.75) is 29.1 Å². The van der Waals surface area contributed by atoms with Crippen LogP contribution in [0.3, 0.4) is 0 Å². The zero-order valence-electron chi connectivity index (χ0n) is 12.4. The van der Waals surface area contributed by atoms with Crippen LogP contribution in [0.15, 0.2) is 76.5 Å². The van der Waals surface area contributed by atoms with Gasteiger partial charge in [-0.05, 0) is 43.0 Å². The minimum Gasteiger partial charge on any atom is -0.325 e. The Hall–Kier alpha value is -2.00. The predicted octanol–water partition coefficient (Wildman–Crippen LogP) is 5.13. The summed E-state index contributed by atoms with van der Waals surface area (Å²) in [6, 6.07) is 18.2. The molecule has 0 saturated carbocycles. The van der Waals surface area contributed by atoms with Crippen LogP contribution in [-0.2, 0) is 4.79 Å². The van der Waals surface area contributed by atoms with E-state index < -0.39 is 0 Å². The zero-order chi connectivity index (χ0) is 15.2. The molecule has 1 amide bonds. The molecule has 1 N–H and O–H groups in total. The number of nitrogens with one attached hydrogen (secondary N) is 1. The second-order valence-electron chi connectivity index (χ2n) is 5.43. The number of allylic oxidation sites excluding steroid dienone is 2. The predicted molar refractivity (Wildman–Crippen MR) is 92.1 cm³/mol. The zero-order valence-corrected chi connectivity index (χ0v) is 13.2. The number of carbonyl (C=O) groups is 1. The van der Waals surface area contributed by atoms with Crippen LogP contribution in [0.4, 0.5) is 5.69 Å². The molecule has 1 aliphatic carbocycles. The molecule has 0 aromatic heterocycles. The lowest BCUT2D eigenvalue weighted by Crippen LogP contribution is -2.15. The number of benzene rings is 2. The van der Waals surface area contributed by atoms with E-state index in [1.54, 1.807) is 11.8 Å². The number of rotatable bonds is 5. The number of hydrogen-bond acceptors (Lipinski definition) is 2. The molecule has 3 rings (SSSR count). The Bertz CT molecular complexity index is 666. The van der Waals surface area contributed by atoms with Gasteiger partial charge in [-0.15, -0.1) is 0 Å². The molecule has 2 aromatic carbocycles. The summed E-state index contributed by atoms with van der Waals surface area (Å²) in [4.78, 5) is 14.5. The third-order valence-corrected chi connectivity index (χ3v) is 4.78. The fourth-order valence-electron chi connectivity index (χ4n) is 2.58. The number of hydrogen-bond donors (Lipinski definition) is 1. The molecule has 0 heterocycles. The van der Waals surface area contributed by atoms with E-state index in [9.17, 15) is 4.79 Å². The summed E-state index contributed by atoms with van der Waals surface area (Å²) < 4.78 is 0. The van der Waals surface area contributed by atoms with Crippen molar-refractivity contribution in [2.24, 2.45) is 5.92 Å². The third-order valence-electron chi connectivity index (χ3n) is 3.69. The van der Waals surface area contributed by atoms with E-state index in [4.69, 9.17) is 0 Å². The first-order valence-corrected chi connectivity index (χ1v) is 8.41. The Morgan fingerprint density at radius 1 is 1.09 bits per heavy atom. The van der Waals surface area contributed by atoms with Crippen LogP contribution in [0.5, 0.6) is 0 Å². The largest absolute Gasteiger partial charge is 0.325 e. The number of anilines is 1. The molecular weight excluding hydrogens is 290 g/mol. The van der Waals surface area contributed by atoms with E-state index in [0.29, 0.717) is 12.3 Å². The van der Waals surface area contributed by atoms with Gasteiger partial charge in [0.2, 0.25) is 5.91 Å². The summed E-state index contributed by atoms with van der Waals surface area (Å²) in [7, 11) is 0. The highest BCUT2D eigenvalue weighted by Gasteiger charge is 2.15. The lowest BCUT2D eigenvalue weighted by atomic mass is 10.1. The molecule has 3 heteroatoms. The lowest BCUT2D eigenvalue weighted by Gasteiger charge is -2.12. The molecule has 1 atom stereocenters. The Morgan fingerprint density at radius 3 is 2.64 bits per heavy atom. The first-order valence-electron chi connectivity index (χ1n) is 7.60. The highest BCUT2D eigenvalue weighted by molar-refractivity contribution is 7.99. The second-order valence-corrected chi connectivity index (χ2v) is 6.54. The normalized spacial score (nSPS) is 16.6. The lowest BCUT2D eigenvalue weighted by molar-refractivity contribution is -0.116. The molecule has 2 aromatic rings. The van der Waals surface area contributed by atoms with E-state index in [2.05, 4.69) is 29.6 Å². The van der Waals surface area contributed by atoms with Gasteiger partial charge in [0.25, 0.3) is 0 Å². The highest BCUT2D eigenvalue weighted by atomic mass is 32.2. The van der Waals surface area contributed by atoms with Crippen molar-refractivity contribution >= 4 is 23.4 Å². The first kappa shape index (κ1) is 14.9. The Morgan fingerprint density at radius 2 is 1.86 bits per heavy atom. The summed E-state index contributed by atoms with van der Waals surface area (Å²) in [5.74, 6) is 0.492. The minimum absolute atomic E-state index is 0.0951. The van der Waals surface area contributed by atoms with Crippen LogP contribution in [0.25, 0.3) is 0 Å². The molecule has 22 heavy (non-hydrogen) atoms.